The maximum atomic E-state index is 12.9. The van der Waals surface area contributed by atoms with E-state index in [1.165, 1.54) is 5.39 Å². The Kier molecular flexibility index (Phi) is 6.60. The number of hydrogen-bond donors (Lipinski definition) is 1. The van der Waals surface area contributed by atoms with Crippen LogP contribution in [-0.4, -0.2) is 17.0 Å². The van der Waals surface area contributed by atoms with Gasteiger partial charge in [-0.25, -0.2) is 0 Å². The summed E-state index contributed by atoms with van der Waals surface area (Å²) in [6.45, 7) is 4.89. The van der Waals surface area contributed by atoms with Crippen LogP contribution in [0.15, 0.2) is 85.1 Å². The van der Waals surface area contributed by atoms with E-state index in [1.54, 1.807) is 0 Å². The number of para-hydroxylation sites is 2. The fourth-order valence-electron chi connectivity index (χ4n) is 4.05. The van der Waals surface area contributed by atoms with E-state index in [4.69, 9.17) is 4.74 Å². The maximum Gasteiger partial charge on any atom is 0.220 e. The summed E-state index contributed by atoms with van der Waals surface area (Å²) in [5.74, 6) is 1.96. The number of hydrogen-bond acceptors (Lipinski definition) is 2. The lowest BCUT2D eigenvalue weighted by atomic mass is 9.88. The van der Waals surface area contributed by atoms with Gasteiger partial charge in [0.15, 0.2) is 0 Å². The van der Waals surface area contributed by atoms with Gasteiger partial charge in [-0.2, -0.15) is 0 Å². The predicted molar refractivity (Wildman–Crippen MR) is 130 cm³/mol. The molecule has 1 amide bonds. The third-order valence-electron chi connectivity index (χ3n) is 5.64. The van der Waals surface area contributed by atoms with Crippen LogP contribution in [0.25, 0.3) is 10.9 Å². The van der Waals surface area contributed by atoms with Gasteiger partial charge in [-0.05, 0) is 47.4 Å². The van der Waals surface area contributed by atoms with Crippen LogP contribution < -0.4 is 10.1 Å². The molecule has 4 aromatic rings. The van der Waals surface area contributed by atoms with Gasteiger partial charge in [0.25, 0.3) is 0 Å². The second-order valence-corrected chi connectivity index (χ2v) is 8.65. The van der Waals surface area contributed by atoms with Gasteiger partial charge < -0.3 is 14.6 Å². The number of nitrogens with zero attached hydrogens (tertiary/aromatic N) is 1. The Morgan fingerprint density at radius 3 is 2.44 bits per heavy atom. The Hall–Kier alpha value is -3.53. The van der Waals surface area contributed by atoms with E-state index >= 15 is 0 Å². The van der Waals surface area contributed by atoms with E-state index in [1.807, 2.05) is 48.5 Å². The first kappa shape index (κ1) is 21.7. The average molecular weight is 427 g/mol. The van der Waals surface area contributed by atoms with Gasteiger partial charge in [-0.1, -0.05) is 62.4 Å². The molecule has 4 rings (SSSR count). The molecule has 0 radical (unpaired) electrons. The quantitative estimate of drug-likeness (QED) is 0.361. The average Bonchev–Trinajstić information content (AvgIpc) is 3.13. The molecular weight excluding hydrogens is 396 g/mol. The van der Waals surface area contributed by atoms with E-state index in [0.29, 0.717) is 18.9 Å². The molecule has 4 heteroatoms. The van der Waals surface area contributed by atoms with Crippen molar-refractivity contribution in [2.24, 2.45) is 13.0 Å². The number of carbonyl (C=O) groups is 1. The van der Waals surface area contributed by atoms with Crippen LogP contribution in [0.1, 0.15) is 37.3 Å². The molecule has 32 heavy (non-hydrogen) atoms. The minimum absolute atomic E-state index is 0.0611. The van der Waals surface area contributed by atoms with Crippen molar-refractivity contribution in [1.29, 1.82) is 0 Å². The molecular formula is C28H30N2O2. The molecule has 164 valence electrons. The number of benzene rings is 3. The van der Waals surface area contributed by atoms with Crippen LogP contribution in [0.2, 0.25) is 0 Å². The Balaban J connectivity index is 1.70. The highest BCUT2D eigenvalue weighted by Crippen LogP contribution is 2.36. The first-order chi connectivity index (χ1) is 15.5. The van der Waals surface area contributed by atoms with Crippen molar-refractivity contribution >= 4 is 16.8 Å². The lowest BCUT2D eigenvalue weighted by Crippen LogP contribution is -2.28. The second-order valence-electron chi connectivity index (χ2n) is 8.65. The Morgan fingerprint density at radius 1 is 0.938 bits per heavy atom. The van der Waals surface area contributed by atoms with E-state index in [-0.39, 0.29) is 11.8 Å². The second kappa shape index (κ2) is 9.73. The van der Waals surface area contributed by atoms with Crippen molar-refractivity contribution in [1.82, 2.24) is 9.88 Å². The fourth-order valence-corrected chi connectivity index (χ4v) is 4.05. The number of aromatic nitrogens is 1. The summed E-state index contributed by atoms with van der Waals surface area (Å²) in [4.78, 5) is 12.9. The summed E-state index contributed by atoms with van der Waals surface area (Å²) in [5.41, 5.74) is 3.38. The van der Waals surface area contributed by atoms with E-state index < -0.39 is 0 Å². The molecule has 0 spiro atoms. The zero-order valence-electron chi connectivity index (χ0n) is 18.9. The van der Waals surface area contributed by atoms with Crippen LogP contribution >= 0.6 is 0 Å². The van der Waals surface area contributed by atoms with Crippen molar-refractivity contribution in [2.75, 3.05) is 6.54 Å². The van der Waals surface area contributed by atoms with Gasteiger partial charge in [0, 0.05) is 43.0 Å². The number of nitrogens with one attached hydrogen (secondary N) is 1. The molecule has 1 atom stereocenters. The topological polar surface area (TPSA) is 43.3 Å². The number of amides is 1. The van der Waals surface area contributed by atoms with Crippen LogP contribution in [0.3, 0.4) is 0 Å². The van der Waals surface area contributed by atoms with Crippen molar-refractivity contribution < 1.29 is 9.53 Å². The summed E-state index contributed by atoms with van der Waals surface area (Å²) >= 11 is 0. The monoisotopic (exact) mass is 426 g/mol. The largest absolute Gasteiger partial charge is 0.457 e. The van der Waals surface area contributed by atoms with Crippen LogP contribution in [0, 0.1) is 5.92 Å². The molecule has 0 saturated carbocycles. The smallest absolute Gasteiger partial charge is 0.220 e. The lowest BCUT2D eigenvalue weighted by molar-refractivity contribution is -0.121. The normalized spacial score (nSPS) is 12.1. The number of aryl methyl sites for hydroxylation is 1. The molecule has 3 aromatic carbocycles. The first-order valence-corrected chi connectivity index (χ1v) is 11.1. The van der Waals surface area contributed by atoms with E-state index in [9.17, 15) is 4.79 Å². The lowest BCUT2D eigenvalue weighted by Gasteiger charge is -2.19. The molecule has 1 aromatic heterocycles. The fraction of sp³-hybridized carbons (Fsp3) is 0.250. The standard InChI is InChI=1S/C28H30N2O2/c1-20(2)18-29-28(31)17-25(26-19-30(3)27-15-8-7-14-24(26)27)21-10-9-13-23(16-21)32-22-11-5-4-6-12-22/h4-16,19-20,25H,17-18H2,1-3H3,(H,29,31). The highest BCUT2D eigenvalue weighted by molar-refractivity contribution is 5.86. The zero-order chi connectivity index (χ0) is 22.5. The van der Waals surface area contributed by atoms with Gasteiger partial charge in [0.2, 0.25) is 5.91 Å². The molecule has 0 aliphatic carbocycles. The molecule has 1 unspecified atom stereocenters. The predicted octanol–water partition coefficient (Wildman–Crippen LogP) is 6.26. The third kappa shape index (κ3) is 5.02. The van der Waals surface area contributed by atoms with Crippen molar-refractivity contribution in [3.8, 4) is 11.5 Å². The van der Waals surface area contributed by atoms with Gasteiger partial charge in [-0.3, -0.25) is 4.79 Å². The van der Waals surface area contributed by atoms with Crippen LogP contribution in [-0.2, 0) is 11.8 Å². The zero-order valence-corrected chi connectivity index (χ0v) is 18.9. The highest BCUT2D eigenvalue weighted by atomic mass is 16.5. The number of fused-ring (bicyclic) bond motifs is 1. The molecule has 0 fully saturated rings. The molecule has 1 heterocycles. The minimum Gasteiger partial charge on any atom is -0.457 e. The van der Waals surface area contributed by atoms with Crippen LogP contribution in [0.4, 0.5) is 0 Å². The van der Waals surface area contributed by atoms with Gasteiger partial charge in [0.1, 0.15) is 11.5 Å². The van der Waals surface area contributed by atoms with E-state index in [0.717, 1.165) is 28.1 Å². The summed E-state index contributed by atoms with van der Waals surface area (Å²) < 4.78 is 8.21. The number of rotatable bonds is 8. The summed E-state index contributed by atoms with van der Waals surface area (Å²) in [6.07, 6.45) is 2.53. The Bertz CT molecular complexity index is 1190. The third-order valence-corrected chi connectivity index (χ3v) is 5.64. The van der Waals surface area contributed by atoms with Crippen molar-refractivity contribution in [2.45, 2.75) is 26.2 Å². The molecule has 0 aliphatic heterocycles. The Morgan fingerprint density at radius 2 is 1.66 bits per heavy atom. The van der Waals surface area contributed by atoms with Gasteiger partial charge in [-0.15, -0.1) is 0 Å². The summed E-state index contributed by atoms with van der Waals surface area (Å²) in [5, 5.41) is 4.26. The SMILES string of the molecule is CC(C)CNC(=O)CC(c1cccc(Oc2ccccc2)c1)c1cn(C)c2ccccc12. The van der Waals surface area contributed by atoms with E-state index in [2.05, 4.69) is 67.3 Å². The molecule has 0 saturated heterocycles. The highest BCUT2D eigenvalue weighted by Gasteiger charge is 2.23. The van der Waals surface area contributed by atoms with Crippen LogP contribution in [0.5, 0.6) is 11.5 Å². The minimum atomic E-state index is -0.0763. The molecule has 1 N–H and O–H groups in total. The number of carbonyl (C=O) groups excluding carboxylic acids is 1. The number of ether oxygens (including phenoxy) is 1. The molecule has 4 nitrogen and oxygen atoms in total. The first-order valence-electron chi connectivity index (χ1n) is 11.1. The van der Waals surface area contributed by atoms with Gasteiger partial charge in [0.05, 0.1) is 0 Å². The summed E-state index contributed by atoms with van der Waals surface area (Å²) in [7, 11) is 2.05. The molecule has 0 bridgehead atoms. The Labute approximate surface area is 189 Å². The van der Waals surface area contributed by atoms with Crippen molar-refractivity contribution in [3.63, 3.8) is 0 Å². The van der Waals surface area contributed by atoms with Crippen molar-refractivity contribution in [3.05, 3.63) is 96.2 Å². The summed E-state index contributed by atoms with van der Waals surface area (Å²) in [6, 6.07) is 26.2. The maximum absolute atomic E-state index is 12.9. The molecule has 0 aliphatic rings. The van der Waals surface area contributed by atoms with Gasteiger partial charge >= 0.3 is 0 Å².